The summed E-state index contributed by atoms with van der Waals surface area (Å²) in [5.41, 5.74) is 0.352. The van der Waals surface area contributed by atoms with E-state index in [1.165, 1.54) is 13.2 Å². The zero-order valence-corrected chi connectivity index (χ0v) is 15.0. The highest BCUT2D eigenvalue weighted by molar-refractivity contribution is 7.92. The maximum atomic E-state index is 12.5. The summed E-state index contributed by atoms with van der Waals surface area (Å²) in [4.78, 5) is 7.95. The first-order chi connectivity index (χ1) is 10.8. The van der Waals surface area contributed by atoms with Crippen LogP contribution in [0.2, 0.25) is 10.4 Å². The van der Waals surface area contributed by atoms with Crippen molar-refractivity contribution >= 4 is 44.5 Å². The molecule has 0 bridgehead atoms. The molecule has 0 aliphatic carbocycles. The summed E-state index contributed by atoms with van der Waals surface area (Å²) in [6.07, 6.45) is 0. The van der Waals surface area contributed by atoms with Gasteiger partial charge in [-0.2, -0.15) is 4.98 Å². The number of anilines is 2. The molecule has 0 unspecified atom stereocenters. The van der Waals surface area contributed by atoms with Crippen molar-refractivity contribution < 1.29 is 13.2 Å². The maximum Gasteiger partial charge on any atom is 0.226 e. The molecule has 0 spiro atoms. The normalized spacial score (nSPS) is 11.6. The van der Waals surface area contributed by atoms with Gasteiger partial charge in [-0.3, -0.25) is 0 Å². The van der Waals surface area contributed by atoms with Crippen molar-refractivity contribution in [1.82, 2.24) is 9.97 Å². The lowest BCUT2D eigenvalue weighted by molar-refractivity contribution is 0.413. The predicted molar refractivity (Wildman–Crippen MR) is 90.7 cm³/mol. The molecule has 1 N–H and O–H groups in total. The van der Waals surface area contributed by atoms with Gasteiger partial charge in [0.25, 0.3) is 0 Å². The van der Waals surface area contributed by atoms with E-state index in [0.717, 1.165) is 0 Å². The molecule has 6 nitrogen and oxygen atoms in total. The number of methoxy groups -OCH3 is 1. The summed E-state index contributed by atoms with van der Waals surface area (Å²) in [7, 11) is -2.08. The van der Waals surface area contributed by atoms with Crippen molar-refractivity contribution in [3.05, 3.63) is 34.7 Å². The molecule has 0 saturated heterocycles. The quantitative estimate of drug-likeness (QED) is 0.633. The Morgan fingerprint density at radius 1 is 1.17 bits per heavy atom. The zero-order valence-electron chi connectivity index (χ0n) is 12.7. The molecule has 1 heterocycles. The maximum absolute atomic E-state index is 12.5. The van der Waals surface area contributed by atoms with E-state index in [0.29, 0.717) is 5.69 Å². The minimum atomic E-state index is -3.48. The van der Waals surface area contributed by atoms with E-state index in [1.807, 2.05) is 0 Å². The van der Waals surface area contributed by atoms with Crippen molar-refractivity contribution in [1.29, 1.82) is 0 Å². The van der Waals surface area contributed by atoms with Crippen LogP contribution in [0.1, 0.15) is 13.8 Å². The number of ether oxygens (including phenoxy) is 1. The minimum absolute atomic E-state index is 0.0270. The summed E-state index contributed by atoms with van der Waals surface area (Å²) in [6, 6.07) is 6.50. The van der Waals surface area contributed by atoms with Gasteiger partial charge >= 0.3 is 0 Å². The number of halogens is 2. The molecule has 124 valence electrons. The summed E-state index contributed by atoms with van der Waals surface area (Å²) in [6.45, 7) is 3.23. The average Bonchev–Trinajstić information content (AvgIpc) is 2.47. The SMILES string of the molecule is COc1c(Cl)nc(Cl)nc1Nc1ccccc1S(=O)(=O)C(C)C. The van der Waals surface area contributed by atoms with Crippen LogP contribution in [0, 0.1) is 0 Å². The number of hydrogen-bond acceptors (Lipinski definition) is 6. The van der Waals surface area contributed by atoms with Gasteiger partial charge in [-0.15, -0.1) is 0 Å². The molecule has 23 heavy (non-hydrogen) atoms. The third kappa shape index (κ3) is 3.68. The Balaban J connectivity index is 2.55. The van der Waals surface area contributed by atoms with Crippen molar-refractivity contribution in [2.75, 3.05) is 12.4 Å². The Morgan fingerprint density at radius 2 is 1.83 bits per heavy atom. The Labute approximate surface area is 144 Å². The molecule has 0 fully saturated rings. The van der Waals surface area contributed by atoms with E-state index in [9.17, 15) is 8.42 Å². The van der Waals surface area contributed by atoms with E-state index >= 15 is 0 Å². The van der Waals surface area contributed by atoms with Crippen LogP contribution in [-0.2, 0) is 9.84 Å². The predicted octanol–water partition coefficient (Wildman–Crippen LogP) is 3.72. The Morgan fingerprint density at radius 3 is 2.43 bits per heavy atom. The molecule has 0 saturated carbocycles. The van der Waals surface area contributed by atoms with Crippen molar-refractivity contribution in [3.63, 3.8) is 0 Å². The van der Waals surface area contributed by atoms with Gasteiger partial charge in [0.2, 0.25) is 5.28 Å². The number of nitrogens with one attached hydrogen (secondary N) is 1. The third-order valence-electron chi connectivity index (χ3n) is 3.07. The van der Waals surface area contributed by atoms with Gasteiger partial charge < -0.3 is 10.1 Å². The fourth-order valence-electron chi connectivity index (χ4n) is 1.86. The first-order valence-corrected chi connectivity index (χ1v) is 8.94. The number of rotatable bonds is 5. The molecule has 0 atom stereocenters. The van der Waals surface area contributed by atoms with Crippen molar-refractivity contribution in [2.24, 2.45) is 0 Å². The molecular weight excluding hydrogens is 361 g/mol. The number of sulfone groups is 1. The lowest BCUT2D eigenvalue weighted by Gasteiger charge is -2.16. The van der Waals surface area contributed by atoms with E-state index in [-0.39, 0.29) is 26.9 Å². The minimum Gasteiger partial charge on any atom is -0.490 e. The highest BCUT2D eigenvalue weighted by atomic mass is 35.5. The third-order valence-corrected chi connectivity index (χ3v) is 5.70. The van der Waals surface area contributed by atoms with Gasteiger partial charge in [0.05, 0.1) is 22.9 Å². The molecule has 1 aromatic heterocycles. The molecule has 2 rings (SSSR count). The fourth-order valence-corrected chi connectivity index (χ4v) is 3.52. The van der Waals surface area contributed by atoms with Gasteiger partial charge in [0.1, 0.15) is 0 Å². The van der Waals surface area contributed by atoms with Crippen LogP contribution in [0.5, 0.6) is 5.75 Å². The van der Waals surface area contributed by atoms with Crippen molar-refractivity contribution in [2.45, 2.75) is 24.0 Å². The Kier molecular flexibility index (Phi) is 5.33. The molecule has 0 aliphatic rings. The summed E-state index contributed by atoms with van der Waals surface area (Å²) in [5, 5.41) is 2.29. The number of nitrogens with zero attached hydrogens (tertiary/aromatic N) is 2. The van der Waals surface area contributed by atoms with Crippen LogP contribution >= 0.6 is 23.2 Å². The zero-order chi connectivity index (χ0) is 17.2. The second-order valence-electron chi connectivity index (χ2n) is 4.88. The highest BCUT2D eigenvalue weighted by Gasteiger charge is 2.23. The van der Waals surface area contributed by atoms with Gasteiger partial charge in [0.15, 0.2) is 26.6 Å². The van der Waals surface area contributed by atoms with Gasteiger partial charge in [0, 0.05) is 0 Å². The molecule has 0 amide bonds. The largest absolute Gasteiger partial charge is 0.490 e. The van der Waals surface area contributed by atoms with Gasteiger partial charge in [-0.1, -0.05) is 23.7 Å². The smallest absolute Gasteiger partial charge is 0.226 e. The summed E-state index contributed by atoms with van der Waals surface area (Å²) >= 11 is 11.8. The van der Waals surface area contributed by atoms with E-state index in [2.05, 4.69) is 15.3 Å². The monoisotopic (exact) mass is 375 g/mol. The molecule has 0 radical (unpaired) electrons. The molecule has 2 aromatic rings. The van der Waals surface area contributed by atoms with E-state index in [4.69, 9.17) is 27.9 Å². The number of para-hydroxylation sites is 1. The second-order valence-corrected chi connectivity index (χ2v) is 8.05. The molecule has 1 aromatic carbocycles. The molecule has 0 aliphatic heterocycles. The summed E-state index contributed by atoms with van der Waals surface area (Å²) < 4.78 is 30.1. The molecular formula is C14H15Cl2N3O3S. The van der Waals surface area contributed by atoms with Crippen LogP contribution in [-0.4, -0.2) is 30.7 Å². The fraction of sp³-hybridized carbons (Fsp3) is 0.286. The Hall–Kier alpha value is -1.57. The Bertz CT molecular complexity index is 826. The average molecular weight is 376 g/mol. The van der Waals surface area contributed by atoms with Gasteiger partial charge in [-0.05, 0) is 37.6 Å². The van der Waals surface area contributed by atoms with Crippen LogP contribution in [0.15, 0.2) is 29.2 Å². The lowest BCUT2D eigenvalue weighted by atomic mass is 10.3. The first-order valence-electron chi connectivity index (χ1n) is 6.64. The van der Waals surface area contributed by atoms with Crippen LogP contribution in [0.25, 0.3) is 0 Å². The van der Waals surface area contributed by atoms with E-state index < -0.39 is 15.1 Å². The van der Waals surface area contributed by atoms with Crippen LogP contribution in [0.4, 0.5) is 11.5 Å². The van der Waals surface area contributed by atoms with E-state index in [1.54, 1.807) is 32.0 Å². The topological polar surface area (TPSA) is 81.2 Å². The van der Waals surface area contributed by atoms with Crippen LogP contribution in [0.3, 0.4) is 0 Å². The summed E-state index contributed by atoms with van der Waals surface area (Å²) in [5.74, 6) is 0.358. The van der Waals surface area contributed by atoms with Crippen molar-refractivity contribution in [3.8, 4) is 5.75 Å². The standard InChI is InChI=1S/C14H15Cl2N3O3S/c1-8(2)23(20,21)10-7-5-4-6-9(10)17-13-11(22-3)12(15)18-14(16)19-13/h4-8H,1-3H3,(H,17,18,19). The van der Waals surface area contributed by atoms with Gasteiger partial charge in [-0.25, -0.2) is 13.4 Å². The molecule has 9 heteroatoms. The number of aromatic nitrogens is 2. The van der Waals surface area contributed by atoms with Crippen LogP contribution < -0.4 is 10.1 Å². The number of benzene rings is 1. The highest BCUT2D eigenvalue weighted by Crippen LogP contribution is 2.35. The first kappa shape index (κ1) is 17.8. The second kappa shape index (κ2) is 6.90. The number of hydrogen-bond donors (Lipinski definition) is 1. The lowest BCUT2D eigenvalue weighted by Crippen LogP contribution is -2.15.